The second-order valence-electron chi connectivity index (χ2n) is 4.41. The Labute approximate surface area is 105 Å². The highest BCUT2D eigenvalue weighted by molar-refractivity contribution is 7.89. The minimum absolute atomic E-state index is 0.0734. The van der Waals surface area contributed by atoms with Gasteiger partial charge in [0.15, 0.2) is 5.03 Å². The molecule has 0 bridgehead atoms. The molecule has 0 saturated heterocycles. The number of hydrogen-bond donors (Lipinski definition) is 2. The highest BCUT2D eigenvalue weighted by atomic mass is 32.2. The van der Waals surface area contributed by atoms with Crippen LogP contribution in [-0.4, -0.2) is 24.4 Å². The van der Waals surface area contributed by atoms with Gasteiger partial charge in [-0.1, -0.05) is 24.3 Å². The van der Waals surface area contributed by atoms with Crippen molar-refractivity contribution in [1.82, 2.24) is 14.7 Å². The lowest BCUT2D eigenvalue weighted by Crippen LogP contribution is -2.35. The molecule has 1 aliphatic carbocycles. The number of imidazole rings is 1. The number of rotatable bonds is 3. The predicted octanol–water partition coefficient (Wildman–Crippen LogP) is 0.855. The first-order chi connectivity index (χ1) is 8.65. The number of sulfonamides is 1. The SMILES string of the molecule is O=S(=O)(NC1Cc2ccccc2C1)c1cnc[nH]1. The third kappa shape index (κ3) is 2.04. The zero-order valence-electron chi connectivity index (χ0n) is 9.63. The standard InChI is InChI=1S/C12H13N3O2S/c16-18(17,12-7-13-8-14-12)15-11-5-9-3-1-2-4-10(9)6-11/h1-4,7-8,11,15H,5-6H2,(H,13,14). The molecule has 94 valence electrons. The fourth-order valence-electron chi connectivity index (χ4n) is 2.32. The molecule has 0 saturated carbocycles. The van der Waals surface area contributed by atoms with Gasteiger partial charge in [0.1, 0.15) is 0 Å². The highest BCUT2D eigenvalue weighted by Crippen LogP contribution is 2.22. The molecule has 1 aromatic carbocycles. The molecule has 0 fully saturated rings. The highest BCUT2D eigenvalue weighted by Gasteiger charge is 2.26. The summed E-state index contributed by atoms with van der Waals surface area (Å²) in [5.41, 5.74) is 2.43. The number of H-pyrrole nitrogens is 1. The van der Waals surface area contributed by atoms with E-state index >= 15 is 0 Å². The number of hydrogen-bond acceptors (Lipinski definition) is 3. The molecule has 5 nitrogen and oxygen atoms in total. The number of nitrogens with zero attached hydrogens (tertiary/aromatic N) is 1. The maximum absolute atomic E-state index is 12.0. The lowest BCUT2D eigenvalue weighted by molar-refractivity contribution is 0.553. The van der Waals surface area contributed by atoms with Gasteiger partial charge in [0.05, 0.1) is 12.5 Å². The largest absolute Gasteiger partial charge is 0.335 e. The molecule has 0 spiro atoms. The van der Waals surface area contributed by atoms with E-state index < -0.39 is 10.0 Å². The van der Waals surface area contributed by atoms with Crippen molar-refractivity contribution < 1.29 is 8.42 Å². The molecule has 0 radical (unpaired) electrons. The molecule has 0 unspecified atom stereocenters. The van der Waals surface area contributed by atoms with Crippen molar-refractivity contribution in [2.45, 2.75) is 23.9 Å². The van der Waals surface area contributed by atoms with Crippen LogP contribution in [0.15, 0.2) is 41.8 Å². The second kappa shape index (κ2) is 4.22. The van der Waals surface area contributed by atoms with Gasteiger partial charge in [0.2, 0.25) is 0 Å². The topological polar surface area (TPSA) is 74.8 Å². The van der Waals surface area contributed by atoms with Crippen molar-refractivity contribution in [3.63, 3.8) is 0 Å². The molecule has 2 aromatic rings. The molecular weight excluding hydrogens is 250 g/mol. The zero-order chi connectivity index (χ0) is 12.6. The summed E-state index contributed by atoms with van der Waals surface area (Å²) in [6, 6.07) is 7.96. The van der Waals surface area contributed by atoms with E-state index in [2.05, 4.69) is 14.7 Å². The van der Waals surface area contributed by atoms with Gasteiger partial charge in [-0.2, -0.15) is 0 Å². The van der Waals surface area contributed by atoms with Crippen molar-refractivity contribution >= 4 is 10.0 Å². The Morgan fingerprint density at radius 2 is 1.89 bits per heavy atom. The van der Waals surface area contributed by atoms with Crippen LogP contribution in [0, 0.1) is 0 Å². The molecule has 1 aliphatic rings. The van der Waals surface area contributed by atoms with Crippen LogP contribution in [0.25, 0.3) is 0 Å². The summed E-state index contributed by atoms with van der Waals surface area (Å²) in [4.78, 5) is 6.34. The van der Waals surface area contributed by atoms with Crippen LogP contribution in [0.2, 0.25) is 0 Å². The number of aromatic amines is 1. The van der Waals surface area contributed by atoms with Crippen molar-refractivity contribution in [3.05, 3.63) is 47.9 Å². The first-order valence-corrected chi connectivity index (χ1v) is 7.21. The van der Waals surface area contributed by atoms with Gasteiger partial charge >= 0.3 is 0 Å². The molecule has 1 aromatic heterocycles. The Kier molecular flexibility index (Phi) is 2.68. The maximum Gasteiger partial charge on any atom is 0.257 e. The van der Waals surface area contributed by atoms with Crippen LogP contribution in [0.5, 0.6) is 0 Å². The van der Waals surface area contributed by atoms with Crippen LogP contribution >= 0.6 is 0 Å². The van der Waals surface area contributed by atoms with Crippen LogP contribution in [0.1, 0.15) is 11.1 Å². The number of aromatic nitrogens is 2. The van der Waals surface area contributed by atoms with Gasteiger partial charge in [-0.05, 0) is 24.0 Å². The first-order valence-electron chi connectivity index (χ1n) is 5.72. The molecule has 18 heavy (non-hydrogen) atoms. The van der Waals surface area contributed by atoms with Gasteiger partial charge in [0, 0.05) is 6.04 Å². The molecule has 0 amide bonds. The zero-order valence-corrected chi connectivity index (χ0v) is 10.4. The smallest absolute Gasteiger partial charge is 0.257 e. The third-order valence-corrected chi connectivity index (χ3v) is 4.58. The Hall–Kier alpha value is -1.66. The van der Waals surface area contributed by atoms with Gasteiger partial charge < -0.3 is 4.98 Å². The van der Waals surface area contributed by atoms with Crippen molar-refractivity contribution in [3.8, 4) is 0 Å². The van der Waals surface area contributed by atoms with Gasteiger partial charge in [-0.25, -0.2) is 18.1 Å². The summed E-state index contributed by atoms with van der Waals surface area (Å²) in [5, 5.41) is 0.110. The van der Waals surface area contributed by atoms with Crippen molar-refractivity contribution in [1.29, 1.82) is 0 Å². The molecule has 1 heterocycles. The molecular formula is C12H13N3O2S. The average molecular weight is 263 g/mol. The van der Waals surface area contributed by atoms with E-state index in [1.807, 2.05) is 24.3 Å². The second-order valence-corrected chi connectivity index (χ2v) is 6.09. The predicted molar refractivity (Wildman–Crippen MR) is 66.5 cm³/mol. The molecule has 3 rings (SSSR count). The lowest BCUT2D eigenvalue weighted by Gasteiger charge is -2.10. The van der Waals surface area contributed by atoms with E-state index in [4.69, 9.17) is 0 Å². The third-order valence-electron chi connectivity index (χ3n) is 3.14. The minimum Gasteiger partial charge on any atom is -0.335 e. The molecule has 6 heteroatoms. The minimum atomic E-state index is -3.49. The quantitative estimate of drug-likeness (QED) is 0.862. The monoisotopic (exact) mass is 263 g/mol. The number of fused-ring (bicyclic) bond motifs is 1. The summed E-state index contributed by atoms with van der Waals surface area (Å²) < 4.78 is 26.7. The van der Waals surface area contributed by atoms with Gasteiger partial charge in [0.25, 0.3) is 10.0 Å². The van der Waals surface area contributed by atoms with Crippen molar-refractivity contribution in [2.75, 3.05) is 0 Å². The Morgan fingerprint density at radius 1 is 1.22 bits per heavy atom. The van der Waals surface area contributed by atoms with Crippen LogP contribution in [0.3, 0.4) is 0 Å². The summed E-state index contributed by atoms with van der Waals surface area (Å²) in [6.45, 7) is 0. The number of nitrogens with one attached hydrogen (secondary N) is 2. The molecule has 0 aliphatic heterocycles. The normalized spacial score (nSPS) is 15.8. The van der Waals surface area contributed by atoms with E-state index in [9.17, 15) is 8.42 Å². The molecule has 2 N–H and O–H groups in total. The van der Waals surface area contributed by atoms with Gasteiger partial charge in [-0.15, -0.1) is 0 Å². The fraction of sp³-hybridized carbons (Fsp3) is 0.250. The van der Waals surface area contributed by atoms with E-state index in [1.54, 1.807) is 0 Å². The van der Waals surface area contributed by atoms with E-state index in [0.717, 1.165) is 12.8 Å². The van der Waals surface area contributed by atoms with Crippen LogP contribution in [0.4, 0.5) is 0 Å². The molecule has 0 atom stereocenters. The van der Waals surface area contributed by atoms with E-state index in [-0.39, 0.29) is 11.1 Å². The lowest BCUT2D eigenvalue weighted by atomic mass is 10.1. The van der Waals surface area contributed by atoms with E-state index in [1.165, 1.54) is 23.7 Å². The summed E-state index contributed by atoms with van der Waals surface area (Å²) in [6.07, 6.45) is 4.15. The van der Waals surface area contributed by atoms with Crippen LogP contribution < -0.4 is 4.72 Å². The van der Waals surface area contributed by atoms with Crippen LogP contribution in [-0.2, 0) is 22.9 Å². The average Bonchev–Trinajstić information content (AvgIpc) is 2.96. The first kappa shape index (κ1) is 11.4. The fourth-order valence-corrected chi connectivity index (χ4v) is 3.46. The van der Waals surface area contributed by atoms with Gasteiger partial charge in [-0.3, -0.25) is 0 Å². The summed E-state index contributed by atoms with van der Waals surface area (Å²) in [5.74, 6) is 0. The summed E-state index contributed by atoms with van der Waals surface area (Å²) >= 11 is 0. The van der Waals surface area contributed by atoms with E-state index in [0.29, 0.717) is 0 Å². The number of benzene rings is 1. The Bertz CT molecular complexity index is 625. The van der Waals surface area contributed by atoms with Crippen molar-refractivity contribution in [2.24, 2.45) is 0 Å². The summed E-state index contributed by atoms with van der Waals surface area (Å²) in [7, 11) is -3.49. The maximum atomic E-state index is 12.0. The Morgan fingerprint density at radius 3 is 2.44 bits per heavy atom. The Balaban J connectivity index is 1.77.